The Bertz CT molecular complexity index is 434. The van der Waals surface area contributed by atoms with Gasteiger partial charge in [0.05, 0.1) is 18.3 Å². The summed E-state index contributed by atoms with van der Waals surface area (Å²) in [6.45, 7) is 5.30. The zero-order valence-corrected chi connectivity index (χ0v) is 11.5. The number of carbonyl (C=O) groups is 1. The average Bonchev–Trinajstić information content (AvgIpc) is 2.36. The molecule has 2 N–H and O–H groups in total. The lowest BCUT2D eigenvalue weighted by atomic mass is 9.96. The van der Waals surface area contributed by atoms with Crippen molar-refractivity contribution in [1.82, 2.24) is 15.2 Å². The number of aliphatic hydroxyl groups is 1. The second-order valence-electron chi connectivity index (χ2n) is 5.61. The summed E-state index contributed by atoms with van der Waals surface area (Å²) in [4.78, 5) is 18.4. The summed E-state index contributed by atoms with van der Waals surface area (Å²) in [6.07, 6.45) is 2.18. The number of aromatic nitrogens is 1. The van der Waals surface area contributed by atoms with E-state index in [9.17, 15) is 4.79 Å². The van der Waals surface area contributed by atoms with Gasteiger partial charge in [0.1, 0.15) is 0 Å². The van der Waals surface area contributed by atoms with Crippen molar-refractivity contribution in [2.75, 3.05) is 13.2 Å². The van der Waals surface area contributed by atoms with Gasteiger partial charge in [0.2, 0.25) is 5.91 Å². The molecule has 104 valence electrons. The molecule has 0 saturated carbocycles. The molecule has 1 unspecified atom stereocenters. The van der Waals surface area contributed by atoms with Crippen molar-refractivity contribution in [3.63, 3.8) is 0 Å². The highest BCUT2D eigenvalue weighted by molar-refractivity contribution is 5.83. The van der Waals surface area contributed by atoms with E-state index < -0.39 is 0 Å². The van der Waals surface area contributed by atoms with Crippen molar-refractivity contribution in [2.45, 2.75) is 38.4 Å². The summed E-state index contributed by atoms with van der Waals surface area (Å²) in [6, 6.07) is 5.40. The average molecular weight is 263 g/mol. The number of amides is 1. The molecule has 2 rings (SSSR count). The lowest BCUT2D eigenvalue weighted by Gasteiger charge is -2.43. The highest BCUT2D eigenvalue weighted by Gasteiger charge is 2.37. The Kier molecular flexibility index (Phi) is 4.17. The second kappa shape index (κ2) is 5.67. The zero-order chi connectivity index (χ0) is 13.9. The number of nitrogens with one attached hydrogen (secondary N) is 1. The Morgan fingerprint density at radius 3 is 2.95 bits per heavy atom. The predicted octanol–water partition coefficient (Wildman–Crippen LogP) is 0.543. The van der Waals surface area contributed by atoms with Crippen molar-refractivity contribution >= 4 is 5.91 Å². The lowest BCUT2D eigenvalue weighted by molar-refractivity contribution is -0.140. The Morgan fingerprint density at radius 2 is 2.32 bits per heavy atom. The number of rotatable bonds is 4. The van der Waals surface area contributed by atoms with Crippen LogP contribution < -0.4 is 5.32 Å². The summed E-state index contributed by atoms with van der Waals surface area (Å²) in [5.74, 6) is 0.0408. The van der Waals surface area contributed by atoms with Crippen molar-refractivity contribution in [1.29, 1.82) is 0 Å². The largest absolute Gasteiger partial charge is 0.396 e. The Labute approximate surface area is 113 Å². The third-order valence-corrected chi connectivity index (χ3v) is 3.26. The molecule has 1 amide bonds. The smallest absolute Gasteiger partial charge is 0.240 e. The van der Waals surface area contributed by atoms with Crippen LogP contribution in [0.2, 0.25) is 0 Å². The first kappa shape index (κ1) is 14.0. The maximum absolute atomic E-state index is 12.3. The Balaban J connectivity index is 2.12. The molecule has 19 heavy (non-hydrogen) atoms. The number of aliphatic hydroxyl groups excluding tert-OH is 1. The minimum Gasteiger partial charge on any atom is -0.396 e. The predicted molar refractivity (Wildman–Crippen MR) is 72.4 cm³/mol. The molecular weight excluding hydrogens is 242 g/mol. The summed E-state index contributed by atoms with van der Waals surface area (Å²) in [5.41, 5.74) is 0.735. The first-order valence-electron chi connectivity index (χ1n) is 6.59. The molecule has 1 fully saturated rings. The van der Waals surface area contributed by atoms with Gasteiger partial charge in [-0.25, -0.2) is 0 Å². The van der Waals surface area contributed by atoms with Crippen LogP contribution in [0.25, 0.3) is 0 Å². The summed E-state index contributed by atoms with van der Waals surface area (Å²) < 4.78 is 0. The molecule has 0 radical (unpaired) electrons. The standard InChI is InChI=1S/C14H21N3O2/c1-14(2)10-17(9-11-5-3-4-7-15-11)13(19)12(16-14)6-8-18/h3-5,7,12,16,18H,6,8-10H2,1-2H3. The highest BCUT2D eigenvalue weighted by atomic mass is 16.3. The van der Waals surface area contributed by atoms with Crippen molar-refractivity contribution in [2.24, 2.45) is 0 Å². The van der Waals surface area contributed by atoms with Gasteiger partial charge in [-0.05, 0) is 32.4 Å². The third-order valence-electron chi connectivity index (χ3n) is 3.26. The molecule has 0 aromatic carbocycles. The molecule has 5 heteroatoms. The van der Waals surface area contributed by atoms with Gasteiger partial charge in [0, 0.05) is 24.9 Å². The molecule has 1 atom stereocenters. The normalized spacial score (nSPS) is 22.6. The molecule has 1 aliphatic heterocycles. The SMILES string of the molecule is CC1(C)CN(Cc2ccccn2)C(=O)C(CCO)N1. The highest BCUT2D eigenvalue weighted by Crippen LogP contribution is 2.18. The number of hydrogen-bond acceptors (Lipinski definition) is 4. The number of hydrogen-bond donors (Lipinski definition) is 2. The quantitative estimate of drug-likeness (QED) is 0.832. The van der Waals surface area contributed by atoms with Gasteiger partial charge in [-0.1, -0.05) is 6.07 Å². The van der Waals surface area contributed by atoms with E-state index in [1.165, 1.54) is 0 Å². The fourth-order valence-corrected chi connectivity index (χ4v) is 2.50. The van der Waals surface area contributed by atoms with E-state index in [0.717, 1.165) is 5.69 Å². The molecule has 0 spiro atoms. The number of nitrogens with zero attached hydrogens (tertiary/aromatic N) is 2. The van der Waals surface area contributed by atoms with Crippen LogP contribution >= 0.6 is 0 Å². The van der Waals surface area contributed by atoms with Crippen LogP contribution in [0, 0.1) is 0 Å². The van der Waals surface area contributed by atoms with E-state index >= 15 is 0 Å². The van der Waals surface area contributed by atoms with Gasteiger partial charge in [0.15, 0.2) is 0 Å². The molecule has 1 saturated heterocycles. The van der Waals surface area contributed by atoms with Gasteiger partial charge in [-0.3, -0.25) is 15.1 Å². The summed E-state index contributed by atoms with van der Waals surface area (Å²) in [7, 11) is 0. The van der Waals surface area contributed by atoms with Gasteiger partial charge in [-0.15, -0.1) is 0 Å². The van der Waals surface area contributed by atoms with Gasteiger partial charge in [0.25, 0.3) is 0 Å². The monoisotopic (exact) mass is 263 g/mol. The maximum atomic E-state index is 12.3. The van der Waals surface area contributed by atoms with Crippen LogP contribution in [0.1, 0.15) is 26.0 Å². The molecule has 1 aliphatic rings. The van der Waals surface area contributed by atoms with E-state index in [1.54, 1.807) is 6.20 Å². The van der Waals surface area contributed by atoms with Crippen LogP contribution in [-0.4, -0.2) is 45.6 Å². The van der Waals surface area contributed by atoms with Gasteiger partial charge < -0.3 is 10.0 Å². The molecule has 0 aliphatic carbocycles. The van der Waals surface area contributed by atoms with Crippen LogP contribution in [0.15, 0.2) is 24.4 Å². The van der Waals surface area contributed by atoms with Crippen LogP contribution in [0.4, 0.5) is 0 Å². The topological polar surface area (TPSA) is 65.5 Å². The van der Waals surface area contributed by atoms with Gasteiger partial charge in [-0.2, -0.15) is 0 Å². The fraction of sp³-hybridized carbons (Fsp3) is 0.571. The molecular formula is C14H21N3O2. The molecule has 1 aromatic heterocycles. The maximum Gasteiger partial charge on any atom is 0.240 e. The molecule has 2 heterocycles. The minimum atomic E-state index is -0.308. The van der Waals surface area contributed by atoms with Crippen molar-refractivity contribution in [3.05, 3.63) is 30.1 Å². The molecule has 1 aromatic rings. The second-order valence-corrected chi connectivity index (χ2v) is 5.61. The zero-order valence-electron chi connectivity index (χ0n) is 11.5. The first-order valence-corrected chi connectivity index (χ1v) is 6.59. The Hall–Kier alpha value is -1.46. The first-order chi connectivity index (χ1) is 9.02. The third kappa shape index (κ3) is 3.52. The number of piperazine rings is 1. The Morgan fingerprint density at radius 1 is 1.53 bits per heavy atom. The van der Waals surface area contributed by atoms with E-state index in [1.807, 2.05) is 23.1 Å². The van der Waals surface area contributed by atoms with Crippen LogP contribution in [0.5, 0.6) is 0 Å². The van der Waals surface area contributed by atoms with Crippen LogP contribution in [-0.2, 0) is 11.3 Å². The fourth-order valence-electron chi connectivity index (χ4n) is 2.50. The van der Waals surface area contributed by atoms with E-state index in [-0.39, 0.29) is 24.1 Å². The van der Waals surface area contributed by atoms with Crippen molar-refractivity contribution < 1.29 is 9.90 Å². The van der Waals surface area contributed by atoms with Crippen LogP contribution in [0.3, 0.4) is 0 Å². The number of pyridine rings is 1. The van der Waals surface area contributed by atoms with Crippen molar-refractivity contribution in [3.8, 4) is 0 Å². The molecule has 0 bridgehead atoms. The summed E-state index contributed by atoms with van der Waals surface area (Å²) >= 11 is 0. The van der Waals surface area contributed by atoms with E-state index in [0.29, 0.717) is 19.5 Å². The van der Waals surface area contributed by atoms with E-state index in [4.69, 9.17) is 5.11 Å². The molecule has 5 nitrogen and oxygen atoms in total. The lowest BCUT2D eigenvalue weighted by Crippen LogP contribution is -2.64. The van der Waals surface area contributed by atoms with E-state index in [2.05, 4.69) is 24.1 Å². The van der Waals surface area contributed by atoms with Gasteiger partial charge >= 0.3 is 0 Å². The summed E-state index contributed by atoms with van der Waals surface area (Å²) in [5, 5.41) is 12.3. The minimum absolute atomic E-state index is 0.0108. The number of carbonyl (C=O) groups excluding carboxylic acids is 1.